The van der Waals surface area contributed by atoms with Crippen LogP contribution in [0.3, 0.4) is 0 Å². The van der Waals surface area contributed by atoms with Gasteiger partial charge in [-0.3, -0.25) is 19.7 Å². The Morgan fingerprint density at radius 3 is 2.37 bits per heavy atom. The van der Waals surface area contributed by atoms with Crippen molar-refractivity contribution in [3.8, 4) is 0 Å². The minimum Gasteiger partial charge on any atom is -0.294 e. The van der Waals surface area contributed by atoms with Gasteiger partial charge in [-0.15, -0.1) is 0 Å². The number of ketones is 2. The molecule has 0 fully saturated rings. The van der Waals surface area contributed by atoms with Crippen LogP contribution in [0.15, 0.2) is 36.4 Å². The second-order valence-electron chi connectivity index (χ2n) is 4.85. The van der Waals surface area contributed by atoms with Gasteiger partial charge in [0.15, 0.2) is 11.6 Å². The van der Waals surface area contributed by atoms with Crippen LogP contribution in [-0.2, 0) is 0 Å². The van der Waals surface area contributed by atoms with Crippen molar-refractivity contribution in [2.75, 3.05) is 0 Å². The lowest BCUT2D eigenvalue weighted by atomic mass is 9.67. The fourth-order valence-electron chi connectivity index (χ4n) is 2.97. The molecule has 0 amide bonds. The van der Waals surface area contributed by atoms with Crippen LogP contribution in [0, 0.1) is 22.0 Å². The Hall–Kier alpha value is -2.30. The highest BCUT2D eigenvalue weighted by Crippen LogP contribution is 2.38. The van der Waals surface area contributed by atoms with Gasteiger partial charge in [-0.25, -0.2) is 0 Å². The maximum absolute atomic E-state index is 12.4. The average molecular weight is 257 g/mol. The van der Waals surface area contributed by atoms with Crippen LogP contribution >= 0.6 is 0 Å². The fraction of sp³-hybridized carbons (Fsp3) is 0.286. The largest absolute Gasteiger partial charge is 0.294 e. The SMILES string of the molecule is O=C1c2ccccc2C(=O)C2C1CC=CC2[N+](=O)[O-]. The topological polar surface area (TPSA) is 77.3 Å². The summed E-state index contributed by atoms with van der Waals surface area (Å²) in [6.07, 6.45) is 3.46. The van der Waals surface area contributed by atoms with E-state index in [0.717, 1.165) is 0 Å². The summed E-state index contributed by atoms with van der Waals surface area (Å²) in [6, 6.07) is 5.47. The van der Waals surface area contributed by atoms with Crippen molar-refractivity contribution in [3.63, 3.8) is 0 Å². The zero-order valence-corrected chi connectivity index (χ0v) is 9.98. The van der Waals surface area contributed by atoms with E-state index in [2.05, 4.69) is 0 Å². The monoisotopic (exact) mass is 257 g/mol. The standard InChI is InChI=1S/C14H11NO4/c16-13-8-4-1-2-5-9(8)14(17)12-10(13)6-3-7-11(12)15(18)19/h1-5,7,10-12H,6H2. The zero-order chi connectivity index (χ0) is 13.6. The third-order valence-corrected chi connectivity index (χ3v) is 3.87. The number of carbonyl (C=O) groups excluding carboxylic acids is 2. The molecule has 0 bridgehead atoms. The van der Waals surface area contributed by atoms with E-state index in [1.54, 1.807) is 30.3 Å². The number of carbonyl (C=O) groups is 2. The molecule has 1 aromatic rings. The molecule has 0 spiro atoms. The summed E-state index contributed by atoms with van der Waals surface area (Å²) in [6.45, 7) is 0. The average Bonchev–Trinajstić information content (AvgIpc) is 2.44. The van der Waals surface area contributed by atoms with Gasteiger partial charge in [0.25, 0.3) is 0 Å². The first kappa shape index (κ1) is 11.8. The molecule has 0 saturated carbocycles. The molecule has 3 atom stereocenters. The van der Waals surface area contributed by atoms with Crippen LogP contribution in [-0.4, -0.2) is 22.5 Å². The number of Topliss-reactive ketones (excluding diaryl/α,β-unsaturated/α-hetero) is 2. The maximum Gasteiger partial charge on any atom is 0.242 e. The van der Waals surface area contributed by atoms with E-state index in [1.165, 1.54) is 6.08 Å². The molecule has 0 radical (unpaired) electrons. The first-order valence-electron chi connectivity index (χ1n) is 6.09. The highest BCUT2D eigenvalue weighted by molar-refractivity contribution is 6.16. The van der Waals surface area contributed by atoms with Gasteiger partial charge in [-0.05, 0) is 12.5 Å². The van der Waals surface area contributed by atoms with E-state index in [4.69, 9.17) is 0 Å². The molecule has 96 valence electrons. The van der Waals surface area contributed by atoms with Crippen molar-refractivity contribution < 1.29 is 14.5 Å². The van der Waals surface area contributed by atoms with Crippen LogP contribution in [0.5, 0.6) is 0 Å². The summed E-state index contributed by atoms with van der Waals surface area (Å²) in [4.78, 5) is 35.4. The molecule has 0 heterocycles. The molecule has 3 unspecified atom stereocenters. The van der Waals surface area contributed by atoms with Gasteiger partial charge in [0.2, 0.25) is 6.04 Å². The molecule has 2 aliphatic rings. The Kier molecular flexibility index (Phi) is 2.55. The van der Waals surface area contributed by atoms with Gasteiger partial charge in [-0.1, -0.05) is 30.3 Å². The van der Waals surface area contributed by atoms with E-state index in [1.807, 2.05) is 0 Å². The summed E-state index contributed by atoms with van der Waals surface area (Å²) in [7, 11) is 0. The van der Waals surface area contributed by atoms with Crippen molar-refractivity contribution in [3.05, 3.63) is 57.7 Å². The number of nitro groups is 1. The smallest absolute Gasteiger partial charge is 0.242 e. The van der Waals surface area contributed by atoms with Gasteiger partial charge in [0.05, 0.1) is 0 Å². The summed E-state index contributed by atoms with van der Waals surface area (Å²) < 4.78 is 0. The van der Waals surface area contributed by atoms with Crippen LogP contribution in [0.4, 0.5) is 0 Å². The third-order valence-electron chi connectivity index (χ3n) is 3.87. The second kappa shape index (κ2) is 4.12. The molecular formula is C14H11NO4. The van der Waals surface area contributed by atoms with E-state index in [0.29, 0.717) is 17.5 Å². The molecule has 19 heavy (non-hydrogen) atoms. The van der Waals surface area contributed by atoms with Crippen LogP contribution < -0.4 is 0 Å². The lowest BCUT2D eigenvalue weighted by molar-refractivity contribution is -0.517. The zero-order valence-electron chi connectivity index (χ0n) is 9.98. The van der Waals surface area contributed by atoms with Crippen molar-refractivity contribution in [1.29, 1.82) is 0 Å². The summed E-state index contributed by atoms with van der Waals surface area (Å²) in [5.41, 5.74) is 0.710. The van der Waals surface area contributed by atoms with Gasteiger partial charge >= 0.3 is 0 Å². The molecular weight excluding hydrogens is 246 g/mol. The first-order chi connectivity index (χ1) is 9.11. The van der Waals surface area contributed by atoms with Crippen molar-refractivity contribution in [2.45, 2.75) is 12.5 Å². The van der Waals surface area contributed by atoms with Gasteiger partial charge in [0, 0.05) is 22.0 Å². The van der Waals surface area contributed by atoms with Crippen molar-refractivity contribution in [2.24, 2.45) is 11.8 Å². The number of nitrogens with zero attached hydrogens (tertiary/aromatic N) is 1. The van der Waals surface area contributed by atoms with Crippen molar-refractivity contribution >= 4 is 11.6 Å². The summed E-state index contributed by atoms with van der Waals surface area (Å²) in [5, 5.41) is 11.1. The quantitative estimate of drug-likeness (QED) is 0.437. The van der Waals surface area contributed by atoms with Crippen LogP contribution in [0.2, 0.25) is 0 Å². The van der Waals surface area contributed by atoms with Gasteiger partial charge < -0.3 is 0 Å². The number of rotatable bonds is 1. The third kappa shape index (κ3) is 1.62. The first-order valence-corrected chi connectivity index (χ1v) is 6.09. The lowest BCUT2D eigenvalue weighted by Gasteiger charge is -2.32. The summed E-state index contributed by atoms with van der Waals surface area (Å²) >= 11 is 0. The van der Waals surface area contributed by atoms with E-state index in [9.17, 15) is 19.7 Å². The Morgan fingerprint density at radius 2 is 1.74 bits per heavy atom. The minimum absolute atomic E-state index is 0.156. The lowest BCUT2D eigenvalue weighted by Crippen LogP contribution is -2.46. The van der Waals surface area contributed by atoms with E-state index >= 15 is 0 Å². The number of fused-ring (bicyclic) bond motifs is 2. The Morgan fingerprint density at radius 1 is 1.11 bits per heavy atom. The predicted molar refractivity (Wildman–Crippen MR) is 66.6 cm³/mol. The van der Waals surface area contributed by atoms with Crippen LogP contribution in [0.25, 0.3) is 0 Å². The molecule has 5 nitrogen and oxygen atoms in total. The summed E-state index contributed by atoms with van der Waals surface area (Å²) in [5.74, 6) is -1.90. The molecule has 5 heteroatoms. The van der Waals surface area contributed by atoms with E-state index in [-0.39, 0.29) is 11.6 Å². The Bertz CT molecular complexity index is 620. The molecule has 0 saturated heterocycles. The number of benzene rings is 1. The maximum atomic E-state index is 12.4. The second-order valence-corrected chi connectivity index (χ2v) is 4.85. The van der Waals surface area contributed by atoms with Crippen LogP contribution in [0.1, 0.15) is 27.1 Å². The van der Waals surface area contributed by atoms with Crippen molar-refractivity contribution in [1.82, 2.24) is 0 Å². The predicted octanol–water partition coefficient (Wildman–Crippen LogP) is 1.90. The molecule has 0 N–H and O–H groups in total. The molecule has 0 aromatic heterocycles. The number of hydrogen-bond donors (Lipinski definition) is 0. The highest BCUT2D eigenvalue weighted by Gasteiger charge is 2.50. The highest BCUT2D eigenvalue weighted by atomic mass is 16.6. The fourth-order valence-corrected chi connectivity index (χ4v) is 2.97. The van der Waals surface area contributed by atoms with E-state index < -0.39 is 22.8 Å². The Labute approximate surface area is 109 Å². The number of allylic oxidation sites excluding steroid dienone is 1. The molecule has 0 aliphatic heterocycles. The molecule has 3 rings (SSSR count). The van der Waals surface area contributed by atoms with Gasteiger partial charge in [0.1, 0.15) is 5.92 Å². The molecule has 1 aromatic carbocycles. The number of hydrogen-bond acceptors (Lipinski definition) is 4. The minimum atomic E-state index is -1.09. The van der Waals surface area contributed by atoms with Gasteiger partial charge in [-0.2, -0.15) is 0 Å². The molecule has 2 aliphatic carbocycles. The normalized spacial score (nSPS) is 28.7. The Balaban J connectivity index is 2.15.